The molecule has 1 aliphatic heterocycles. The van der Waals surface area contributed by atoms with Gasteiger partial charge in [0.25, 0.3) is 0 Å². The van der Waals surface area contributed by atoms with E-state index in [9.17, 15) is 4.79 Å². The number of benzene rings is 1. The molecular weight excluding hydrogens is 302 g/mol. The molecule has 126 valence electrons. The summed E-state index contributed by atoms with van der Waals surface area (Å²) in [6.45, 7) is 4.94. The van der Waals surface area contributed by atoms with Crippen molar-refractivity contribution >= 4 is 11.7 Å². The zero-order valence-corrected chi connectivity index (χ0v) is 13.9. The summed E-state index contributed by atoms with van der Waals surface area (Å²) in [7, 11) is 0. The summed E-state index contributed by atoms with van der Waals surface area (Å²) in [5.41, 5.74) is 3.96. The minimum atomic E-state index is -0.879. The van der Waals surface area contributed by atoms with Gasteiger partial charge in [0.2, 0.25) is 0 Å². The Balaban J connectivity index is 1.50. The number of piperidine rings is 1. The van der Waals surface area contributed by atoms with E-state index in [4.69, 9.17) is 5.11 Å². The Kier molecular flexibility index (Phi) is 5.11. The first-order valence-electron chi connectivity index (χ1n) is 8.34. The summed E-state index contributed by atoms with van der Waals surface area (Å²) in [5.74, 6) is -0.879. The Bertz CT molecular complexity index is 692. The Morgan fingerprint density at radius 3 is 2.58 bits per heavy atom. The lowest BCUT2D eigenvalue weighted by atomic mass is 10.0. The minimum absolute atomic E-state index is 0.336. The molecule has 0 aliphatic carbocycles. The molecule has 5 heteroatoms. The van der Waals surface area contributed by atoms with Crippen LogP contribution in [0.2, 0.25) is 0 Å². The molecule has 1 aromatic heterocycles. The number of hydrogen-bond donors (Lipinski definition) is 2. The van der Waals surface area contributed by atoms with E-state index in [1.807, 2.05) is 24.5 Å². The first-order valence-corrected chi connectivity index (χ1v) is 8.34. The van der Waals surface area contributed by atoms with E-state index >= 15 is 0 Å². The zero-order chi connectivity index (χ0) is 16.9. The molecule has 0 unspecified atom stereocenters. The van der Waals surface area contributed by atoms with Crippen LogP contribution in [0.5, 0.6) is 0 Å². The maximum absolute atomic E-state index is 10.9. The van der Waals surface area contributed by atoms with Crippen LogP contribution in [0.3, 0.4) is 0 Å². The fourth-order valence-corrected chi connectivity index (χ4v) is 3.11. The van der Waals surface area contributed by atoms with E-state index in [1.54, 1.807) is 12.1 Å². The highest BCUT2D eigenvalue weighted by Gasteiger charge is 2.19. The average Bonchev–Trinajstić information content (AvgIpc) is 2.62. The molecule has 2 heterocycles. The second kappa shape index (κ2) is 7.45. The quantitative estimate of drug-likeness (QED) is 0.885. The van der Waals surface area contributed by atoms with E-state index in [1.165, 1.54) is 11.1 Å². The summed E-state index contributed by atoms with van der Waals surface area (Å²) < 4.78 is 0. The van der Waals surface area contributed by atoms with Crippen molar-refractivity contribution in [2.24, 2.45) is 0 Å². The summed E-state index contributed by atoms with van der Waals surface area (Å²) in [4.78, 5) is 17.4. The average molecular weight is 325 g/mol. The van der Waals surface area contributed by atoms with E-state index in [2.05, 4.69) is 28.2 Å². The standard InChI is InChI=1S/C19H23N3O2/c1-14-12-20-9-6-16(14)13-21-17-7-10-22(11-8-17)18-4-2-15(3-5-18)19(23)24/h2-6,9,12,17,21H,7-8,10-11,13H2,1H3,(H,23,24). The Hall–Kier alpha value is -2.40. The predicted octanol–water partition coefficient (Wildman–Crippen LogP) is 2.85. The van der Waals surface area contributed by atoms with Gasteiger partial charge >= 0.3 is 5.97 Å². The van der Waals surface area contributed by atoms with E-state index < -0.39 is 5.97 Å². The first kappa shape index (κ1) is 16.5. The third kappa shape index (κ3) is 3.92. The minimum Gasteiger partial charge on any atom is -0.478 e. The van der Waals surface area contributed by atoms with Crippen molar-refractivity contribution in [2.45, 2.75) is 32.4 Å². The number of anilines is 1. The zero-order valence-electron chi connectivity index (χ0n) is 13.9. The number of nitrogens with one attached hydrogen (secondary N) is 1. The van der Waals surface area contributed by atoms with Gasteiger partial charge in [0.1, 0.15) is 0 Å². The number of carboxylic acids is 1. The summed E-state index contributed by atoms with van der Waals surface area (Å²) in [5, 5.41) is 12.6. The topological polar surface area (TPSA) is 65.5 Å². The SMILES string of the molecule is Cc1cnccc1CNC1CCN(c2ccc(C(=O)O)cc2)CC1. The second-order valence-corrected chi connectivity index (χ2v) is 6.30. The Morgan fingerprint density at radius 2 is 1.96 bits per heavy atom. The number of hydrogen-bond acceptors (Lipinski definition) is 4. The van der Waals surface area contributed by atoms with Crippen molar-refractivity contribution in [3.05, 3.63) is 59.4 Å². The van der Waals surface area contributed by atoms with E-state index in [0.717, 1.165) is 38.2 Å². The highest BCUT2D eigenvalue weighted by Crippen LogP contribution is 2.21. The first-order chi connectivity index (χ1) is 11.6. The van der Waals surface area contributed by atoms with Crippen LogP contribution < -0.4 is 10.2 Å². The van der Waals surface area contributed by atoms with Crippen LogP contribution in [-0.4, -0.2) is 35.2 Å². The third-order valence-electron chi connectivity index (χ3n) is 4.69. The maximum atomic E-state index is 10.9. The van der Waals surface area contributed by atoms with Crippen LogP contribution in [0.1, 0.15) is 34.3 Å². The van der Waals surface area contributed by atoms with Crippen molar-refractivity contribution in [1.82, 2.24) is 10.3 Å². The third-order valence-corrected chi connectivity index (χ3v) is 4.69. The number of carbonyl (C=O) groups is 1. The summed E-state index contributed by atoms with van der Waals surface area (Å²) in [6, 6.07) is 9.74. The normalized spacial score (nSPS) is 15.5. The highest BCUT2D eigenvalue weighted by atomic mass is 16.4. The molecule has 1 saturated heterocycles. The van der Waals surface area contributed by atoms with E-state index in [-0.39, 0.29) is 0 Å². The van der Waals surface area contributed by atoms with Crippen LogP contribution in [0.15, 0.2) is 42.7 Å². The van der Waals surface area contributed by atoms with Crippen molar-refractivity contribution in [1.29, 1.82) is 0 Å². The Labute approximate surface area is 142 Å². The lowest BCUT2D eigenvalue weighted by Gasteiger charge is -2.34. The van der Waals surface area contributed by atoms with Gasteiger partial charge in [-0.1, -0.05) is 0 Å². The number of rotatable bonds is 5. The van der Waals surface area contributed by atoms with Gasteiger partial charge in [-0.3, -0.25) is 4.98 Å². The van der Waals surface area contributed by atoms with Gasteiger partial charge in [-0.05, 0) is 61.2 Å². The number of carboxylic acid groups (broad SMARTS) is 1. The van der Waals surface area contributed by atoms with E-state index in [0.29, 0.717) is 11.6 Å². The number of aromatic carboxylic acids is 1. The number of aromatic nitrogens is 1. The number of nitrogens with zero attached hydrogens (tertiary/aromatic N) is 2. The molecule has 0 atom stereocenters. The number of aryl methyl sites for hydroxylation is 1. The van der Waals surface area contributed by atoms with Crippen LogP contribution in [-0.2, 0) is 6.54 Å². The van der Waals surface area contributed by atoms with Crippen molar-refractivity contribution in [2.75, 3.05) is 18.0 Å². The monoisotopic (exact) mass is 325 g/mol. The highest BCUT2D eigenvalue weighted by molar-refractivity contribution is 5.88. The lowest BCUT2D eigenvalue weighted by molar-refractivity contribution is 0.0697. The molecule has 1 fully saturated rings. The van der Waals surface area contributed by atoms with Crippen LogP contribution in [0, 0.1) is 6.92 Å². The molecule has 24 heavy (non-hydrogen) atoms. The van der Waals surface area contributed by atoms with Crippen LogP contribution in [0.25, 0.3) is 0 Å². The number of pyridine rings is 1. The molecule has 0 amide bonds. The summed E-state index contributed by atoms with van der Waals surface area (Å²) in [6.07, 6.45) is 5.92. The maximum Gasteiger partial charge on any atom is 0.335 e. The smallest absolute Gasteiger partial charge is 0.335 e. The fraction of sp³-hybridized carbons (Fsp3) is 0.368. The van der Waals surface area contributed by atoms with Crippen molar-refractivity contribution in [3.63, 3.8) is 0 Å². The van der Waals surface area contributed by atoms with Gasteiger partial charge in [0.05, 0.1) is 5.56 Å². The molecule has 1 aromatic carbocycles. The van der Waals surface area contributed by atoms with Gasteiger partial charge < -0.3 is 15.3 Å². The van der Waals surface area contributed by atoms with Crippen molar-refractivity contribution in [3.8, 4) is 0 Å². The van der Waals surface area contributed by atoms with Gasteiger partial charge in [-0.2, -0.15) is 0 Å². The van der Waals surface area contributed by atoms with Gasteiger partial charge in [-0.15, -0.1) is 0 Å². The van der Waals surface area contributed by atoms with Crippen LogP contribution >= 0.6 is 0 Å². The molecule has 0 saturated carbocycles. The molecule has 0 spiro atoms. The summed E-state index contributed by atoms with van der Waals surface area (Å²) >= 11 is 0. The van der Waals surface area contributed by atoms with Gasteiger partial charge in [-0.25, -0.2) is 4.79 Å². The second-order valence-electron chi connectivity index (χ2n) is 6.30. The molecule has 3 rings (SSSR count). The van der Waals surface area contributed by atoms with Gasteiger partial charge in [0, 0.05) is 43.8 Å². The largest absolute Gasteiger partial charge is 0.478 e. The molecule has 0 bridgehead atoms. The molecule has 1 aliphatic rings. The molecule has 2 aromatic rings. The van der Waals surface area contributed by atoms with Gasteiger partial charge in [0.15, 0.2) is 0 Å². The molecular formula is C19H23N3O2. The van der Waals surface area contributed by atoms with Crippen molar-refractivity contribution < 1.29 is 9.90 Å². The molecule has 2 N–H and O–H groups in total. The van der Waals surface area contributed by atoms with Crippen LogP contribution in [0.4, 0.5) is 5.69 Å². The molecule has 5 nitrogen and oxygen atoms in total. The fourth-order valence-electron chi connectivity index (χ4n) is 3.11. The molecule has 0 radical (unpaired) electrons. The predicted molar refractivity (Wildman–Crippen MR) is 94.5 cm³/mol. The Morgan fingerprint density at radius 1 is 1.25 bits per heavy atom. The lowest BCUT2D eigenvalue weighted by Crippen LogP contribution is -2.42.